The van der Waals surface area contributed by atoms with E-state index in [4.69, 9.17) is 5.26 Å². The normalized spacial score (nSPS) is 11.7. The van der Waals surface area contributed by atoms with Crippen molar-refractivity contribution < 1.29 is 4.79 Å². The zero-order valence-corrected chi connectivity index (χ0v) is 11.3. The lowest BCUT2D eigenvalue weighted by molar-refractivity contribution is 0.0988. The smallest absolute Gasteiger partial charge is 0.162 e. The van der Waals surface area contributed by atoms with Crippen LogP contribution in [0.1, 0.15) is 37.6 Å². The number of anilines is 1. The molecule has 3 heteroatoms. The minimum absolute atomic E-state index is 0.00176. The van der Waals surface area contributed by atoms with Gasteiger partial charge in [0.25, 0.3) is 0 Å². The number of ketones is 1. The van der Waals surface area contributed by atoms with Crippen LogP contribution in [0.5, 0.6) is 0 Å². The lowest BCUT2D eigenvalue weighted by Gasteiger charge is -2.24. The number of hydrogen-bond donors (Lipinski definition) is 0. The molecule has 0 bridgehead atoms. The Morgan fingerprint density at radius 3 is 2.39 bits per heavy atom. The predicted octanol–water partition coefficient (Wildman–Crippen LogP) is 3.27. The molecule has 1 aromatic rings. The van der Waals surface area contributed by atoms with E-state index >= 15 is 0 Å². The average Bonchev–Trinajstić information content (AvgIpc) is 2.43. The number of Topliss-reactive ketones (excluding diaryl/α,β-unsaturated/α-hetero) is 1. The Bertz CT molecular complexity index is 431. The molecular weight excluding hydrogens is 224 g/mol. The molecule has 0 aromatic heterocycles. The summed E-state index contributed by atoms with van der Waals surface area (Å²) >= 11 is 0. The van der Waals surface area contributed by atoms with Gasteiger partial charge < -0.3 is 4.90 Å². The molecule has 0 amide bonds. The van der Waals surface area contributed by atoms with E-state index in [0.717, 1.165) is 17.8 Å². The summed E-state index contributed by atoms with van der Waals surface area (Å²) in [5.74, 6) is 0.164. The molecule has 0 saturated carbocycles. The quantitative estimate of drug-likeness (QED) is 0.721. The number of nitriles is 1. The molecule has 1 aromatic carbocycles. The average molecular weight is 244 g/mol. The second-order valence-corrected chi connectivity index (χ2v) is 4.39. The molecule has 0 saturated heterocycles. The van der Waals surface area contributed by atoms with Crippen LogP contribution in [-0.2, 0) is 0 Å². The highest BCUT2D eigenvalue weighted by Gasteiger charge is 2.10. The van der Waals surface area contributed by atoms with Gasteiger partial charge in [0, 0.05) is 30.8 Å². The highest BCUT2D eigenvalue weighted by Crippen LogP contribution is 2.17. The number of nitrogens with zero attached hydrogens (tertiary/aromatic N) is 2. The molecule has 0 heterocycles. The molecule has 0 spiro atoms. The Labute approximate surface area is 109 Å². The van der Waals surface area contributed by atoms with Crippen molar-refractivity contribution in [3.8, 4) is 6.07 Å². The molecule has 0 aliphatic carbocycles. The Morgan fingerprint density at radius 2 is 1.94 bits per heavy atom. The summed E-state index contributed by atoms with van der Waals surface area (Å²) in [6.45, 7) is 7.41. The largest absolute Gasteiger partial charge is 0.371 e. The summed E-state index contributed by atoms with van der Waals surface area (Å²) in [6.07, 6.45) is 0.530. The van der Waals surface area contributed by atoms with E-state index in [0.29, 0.717) is 13.0 Å². The zero-order valence-electron chi connectivity index (χ0n) is 11.3. The number of carbonyl (C=O) groups is 1. The lowest BCUT2D eigenvalue weighted by Crippen LogP contribution is -2.27. The Balaban J connectivity index is 2.82. The van der Waals surface area contributed by atoms with Gasteiger partial charge >= 0.3 is 0 Å². The first-order valence-corrected chi connectivity index (χ1v) is 6.40. The van der Waals surface area contributed by atoms with Crippen LogP contribution in [0, 0.1) is 17.2 Å². The van der Waals surface area contributed by atoms with Crippen molar-refractivity contribution in [1.82, 2.24) is 0 Å². The third-order valence-corrected chi connectivity index (χ3v) is 2.97. The van der Waals surface area contributed by atoms with Gasteiger partial charge in [-0.1, -0.05) is 6.92 Å². The summed E-state index contributed by atoms with van der Waals surface area (Å²) in [4.78, 5) is 13.7. The van der Waals surface area contributed by atoms with E-state index in [1.54, 1.807) is 0 Å². The van der Waals surface area contributed by atoms with Crippen LogP contribution >= 0.6 is 0 Å². The van der Waals surface area contributed by atoms with E-state index in [1.807, 2.05) is 38.1 Å². The number of carbonyl (C=O) groups excluding carboxylic acids is 1. The maximum absolute atomic E-state index is 11.5. The van der Waals surface area contributed by atoms with Crippen LogP contribution in [0.15, 0.2) is 24.3 Å². The molecule has 96 valence electrons. The standard InChI is InChI=1S/C15H20N2O/c1-4-15(18)13-6-8-14(9-7-13)17(5-2)11-12(3)10-16/h6-9,12H,4-5,11H2,1-3H3. The van der Waals surface area contributed by atoms with Crippen LogP contribution < -0.4 is 4.90 Å². The molecule has 0 aliphatic heterocycles. The number of hydrogen-bond acceptors (Lipinski definition) is 3. The highest BCUT2D eigenvalue weighted by molar-refractivity contribution is 5.96. The van der Waals surface area contributed by atoms with Crippen molar-refractivity contribution in [3.63, 3.8) is 0 Å². The van der Waals surface area contributed by atoms with E-state index in [-0.39, 0.29) is 11.7 Å². The predicted molar refractivity (Wildman–Crippen MR) is 73.7 cm³/mol. The second-order valence-electron chi connectivity index (χ2n) is 4.39. The minimum Gasteiger partial charge on any atom is -0.371 e. The first kappa shape index (κ1) is 14.2. The monoisotopic (exact) mass is 244 g/mol. The number of benzene rings is 1. The van der Waals surface area contributed by atoms with Crippen LogP contribution in [0.4, 0.5) is 5.69 Å². The summed E-state index contributed by atoms with van der Waals surface area (Å²) < 4.78 is 0. The first-order chi connectivity index (χ1) is 8.62. The van der Waals surface area contributed by atoms with Crippen LogP contribution in [0.2, 0.25) is 0 Å². The van der Waals surface area contributed by atoms with Crippen LogP contribution in [0.3, 0.4) is 0 Å². The van der Waals surface area contributed by atoms with Crippen molar-refractivity contribution in [2.45, 2.75) is 27.2 Å². The fourth-order valence-corrected chi connectivity index (χ4v) is 1.85. The summed E-state index contributed by atoms with van der Waals surface area (Å²) in [5, 5.41) is 8.85. The van der Waals surface area contributed by atoms with E-state index in [2.05, 4.69) is 17.9 Å². The fourth-order valence-electron chi connectivity index (χ4n) is 1.85. The van der Waals surface area contributed by atoms with Crippen molar-refractivity contribution in [1.29, 1.82) is 5.26 Å². The van der Waals surface area contributed by atoms with Gasteiger partial charge in [0.1, 0.15) is 0 Å². The first-order valence-electron chi connectivity index (χ1n) is 6.40. The molecule has 1 rings (SSSR count). The SMILES string of the molecule is CCC(=O)c1ccc(N(CC)CC(C)C#N)cc1. The molecule has 1 unspecified atom stereocenters. The van der Waals surface area contributed by atoms with Gasteiger partial charge in [0.2, 0.25) is 0 Å². The van der Waals surface area contributed by atoms with Crippen molar-refractivity contribution in [2.75, 3.05) is 18.0 Å². The van der Waals surface area contributed by atoms with Gasteiger partial charge in [0.05, 0.1) is 12.0 Å². The number of rotatable bonds is 6. The van der Waals surface area contributed by atoms with Gasteiger partial charge in [0.15, 0.2) is 5.78 Å². The molecule has 0 fully saturated rings. The molecule has 1 atom stereocenters. The zero-order chi connectivity index (χ0) is 13.5. The van der Waals surface area contributed by atoms with Crippen molar-refractivity contribution in [3.05, 3.63) is 29.8 Å². The fraction of sp³-hybridized carbons (Fsp3) is 0.467. The van der Waals surface area contributed by atoms with Gasteiger partial charge in [-0.3, -0.25) is 4.79 Å². The van der Waals surface area contributed by atoms with Crippen LogP contribution in [0.25, 0.3) is 0 Å². The third-order valence-electron chi connectivity index (χ3n) is 2.97. The summed E-state index contributed by atoms with van der Waals surface area (Å²) in [5.41, 5.74) is 1.82. The van der Waals surface area contributed by atoms with E-state index < -0.39 is 0 Å². The third kappa shape index (κ3) is 3.59. The second kappa shape index (κ2) is 6.80. The topological polar surface area (TPSA) is 44.1 Å². The van der Waals surface area contributed by atoms with Crippen LogP contribution in [-0.4, -0.2) is 18.9 Å². The summed E-state index contributed by atoms with van der Waals surface area (Å²) in [7, 11) is 0. The van der Waals surface area contributed by atoms with Crippen molar-refractivity contribution in [2.24, 2.45) is 5.92 Å². The molecule has 3 nitrogen and oxygen atoms in total. The van der Waals surface area contributed by atoms with Crippen molar-refractivity contribution >= 4 is 11.5 Å². The van der Waals surface area contributed by atoms with Gasteiger partial charge in [-0.25, -0.2) is 0 Å². The van der Waals surface area contributed by atoms with Gasteiger partial charge in [-0.2, -0.15) is 5.26 Å². The van der Waals surface area contributed by atoms with E-state index in [1.165, 1.54) is 0 Å². The molecule has 0 radical (unpaired) electrons. The molecule has 0 N–H and O–H groups in total. The molecular formula is C15H20N2O. The van der Waals surface area contributed by atoms with E-state index in [9.17, 15) is 4.79 Å². The maximum atomic E-state index is 11.5. The highest BCUT2D eigenvalue weighted by atomic mass is 16.1. The van der Waals surface area contributed by atoms with Gasteiger partial charge in [-0.15, -0.1) is 0 Å². The maximum Gasteiger partial charge on any atom is 0.162 e. The van der Waals surface area contributed by atoms with Gasteiger partial charge in [-0.05, 0) is 38.1 Å². The Morgan fingerprint density at radius 1 is 1.33 bits per heavy atom. The minimum atomic E-state index is 0.00176. The Hall–Kier alpha value is -1.82. The Kier molecular flexibility index (Phi) is 5.38. The molecule has 0 aliphatic rings. The summed E-state index contributed by atoms with van der Waals surface area (Å²) in [6, 6.07) is 9.88. The lowest BCUT2D eigenvalue weighted by atomic mass is 10.1. The molecule has 18 heavy (non-hydrogen) atoms.